The summed E-state index contributed by atoms with van der Waals surface area (Å²) in [5.74, 6) is 0. The smallest absolute Gasteiger partial charge is 0.0282 e. The van der Waals surface area contributed by atoms with Gasteiger partial charge in [-0.1, -0.05) is 49.3 Å². The number of hydrogen-bond acceptors (Lipinski definition) is 0. The number of hydrogen-bond donors (Lipinski definition) is 0. The summed E-state index contributed by atoms with van der Waals surface area (Å²) < 4.78 is 0. The van der Waals surface area contributed by atoms with E-state index in [0.29, 0.717) is 0 Å². The molecule has 0 N–H and O–H groups in total. The van der Waals surface area contributed by atoms with E-state index in [0.717, 1.165) is 0 Å². The summed E-state index contributed by atoms with van der Waals surface area (Å²) in [6, 6.07) is 0. The number of allylic oxidation sites excluding steroid dienone is 6. The van der Waals surface area contributed by atoms with E-state index >= 15 is 0 Å². The standard InChI is InChI=1S/C10H16.C4H8/c1-2-3-7-10-8-5-4-6-9-10;1-3-4-2/h5,8-9H,2-4,6-7H2,1H3;3-4H,1-2H3. The zero-order valence-corrected chi connectivity index (χ0v) is 9.92. The highest BCUT2D eigenvalue weighted by Gasteiger charge is 1.94. The summed E-state index contributed by atoms with van der Waals surface area (Å²) >= 11 is 0. The molecular formula is C14H24. The summed E-state index contributed by atoms with van der Waals surface area (Å²) in [6.45, 7) is 6.24. The fraction of sp³-hybridized carbons (Fsp3) is 0.571. The lowest BCUT2D eigenvalue weighted by Crippen LogP contribution is -1.84. The molecule has 0 aromatic heterocycles. The molecule has 80 valence electrons. The lowest BCUT2D eigenvalue weighted by atomic mass is 10.0. The van der Waals surface area contributed by atoms with Crippen LogP contribution in [-0.4, -0.2) is 0 Å². The van der Waals surface area contributed by atoms with Crippen LogP contribution in [0, 0.1) is 0 Å². The molecule has 0 atom stereocenters. The fourth-order valence-electron chi connectivity index (χ4n) is 1.23. The van der Waals surface area contributed by atoms with E-state index in [1.54, 1.807) is 5.57 Å². The van der Waals surface area contributed by atoms with Crippen LogP contribution in [0.25, 0.3) is 0 Å². The maximum atomic E-state index is 2.37. The highest BCUT2D eigenvalue weighted by Crippen LogP contribution is 2.15. The third-order valence-electron chi connectivity index (χ3n) is 2.22. The van der Waals surface area contributed by atoms with E-state index in [1.807, 2.05) is 26.0 Å². The predicted octanol–water partition coefficient (Wildman–Crippen LogP) is 5.04. The van der Waals surface area contributed by atoms with Gasteiger partial charge in [-0.05, 0) is 39.5 Å². The topological polar surface area (TPSA) is 0 Å². The van der Waals surface area contributed by atoms with Crippen LogP contribution in [0.5, 0.6) is 0 Å². The van der Waals surface area contributed by atoms with Crippen molar-refractivity contribution < 1.29 is 0 Å². The molecule has 0 aromatic carbocycles. The quantitative estimate of drug-likeness (QED) is 0.550. The number of rotatable bonds is 3. The SMILES string of the molecule is CC=CC.CCCCC1=CCCC=C1. The zero-order valence-electron chi connectivity index (χ0n) is 9.92. The van der Waals surface area contributed by atoms with E-state index in [-0.39, 0.29) is 0 Å². The van der Waals surface area contributed by atoms with Gasteiger partial charge in [0.15, 0.2) is 0 Å². The minimum absolute atomic E-state index is 1.25. The summed E-state index contributed by atoms with van der Waals surface area (Å²) in [6.07, 6.45) is 17.4. The average molecular weight is 192 g/mol. The van der Waals surface area contributed by atoms with E-state index < -0.39 is 0 Å². The Balaban J connectivity index is 0.000000364. The Labute approximate surface area is 89.4 Å². The van der Waals surface area contributed by atoms with Crippen LogP contribution < -0.4 is 0 Å². The molecule has 14 heavy (non-hydrogen) atoms. The molecule has 0 spiro atoms. The zero-order chi connectivity index (χ0) is 10.6. The number of unbranched alkanes of at least 4 members (excludes halogenated alkanes) is 1. The van der Waals surface area contributed by atoms with Crippen molar-refractivity contribution in [3.8, 4) is 0 Å². The first-order valence-corrected chi connectivity index (χ1v) is 5.78. The molecular weight excluding hydrogens is 168 g/mol. The largest absolute Gasteiger partial charge is 0.0919 e. The molecule has 0 aliphatic heterocycles. The van der Waals surface area contributed by atoms with Gasteiger partial charge in [-0.25, -0.2) is 0 Å². The second-order valence-corrected chi connectivity index (χ2v) is 3.53. The highest BCUT2D eigenvalue weighted by molar-refractivity contribution is 5.21. The summed E-state index contributed by atoms with van der Waals surface area (Å²) in [4.78, 5) is 0. The van der Waals surface area contributed by atoms with Gasteiger partial charge in [-0.15, -0.1) is 0 Å². The third-order valence-corrected chi connectivity index (χ3v) is 2.22. The Morgan fingerprint density at radius 1 is 1.21 bits per heavy atom. The van der Waals surface area contributed by atoms with E-state index in [9.17, 15) is 0 Å². The van der Waals surface area contributed by atoms with Crippen LogP contribution in [0.1, 0.15) is 52.9 Å². The molecule has 0 unspecified atom stereocenters. The van der Waals surface area contributed by atoms with Crippen LogP contribution >= 0.6 is 0 Å². The molecule has 0 saturated heterocycles. The molecule has 0 saturated carbocycles. The Kier molecular flexibility index (Phi) is 9.73. The van der Waals surface area contributed by atoms with E-state index in [4.69, 9.17) is 0 Å². The highest BCUT2D eigenvalue weighted by atomic mass is 14.0. The predicted molar refractivity (Wildman–Crippen MR) is 66.5 cm³/mol. The molecule has 1 aliphatic rings. The van der Waals surface area contributed by atoms with Crippen LogP contribution in [0.15, 0.2) is 36.0 Å². The molecule has 0 radical (unpaired) electrons. The summed E-state index contributed by atoms with van der Waals surface area (Å²) in [5, 5.41) is 0. The first-order valence-electron chi connectivity index (χ1n) is 5.78. The van der Waals surface area contributed by atoms with Crippen molar-refractivity contribution >= 4 is 0 Å². The maximum Gasteiger partial charge on any atom is -0.0282 e. The lowest BCUT2D eigenvalue weighted by Gasteiger charge is -2.04. The van der Waals surface area contributed by atoms with Gasteiger partial charge >= 0.3 is 0 Å². The van der Waals surface area contributed by atoms with Gasteiger partial charge in [0.1, 0.15) is 0 Å². The van der Waals surface area contributed by atoms with Crippen molar-refractivity contribution in [3.05, 3.63) is 36.0 Å². The van der Waals surface area contributed by atoms with Crippen molar-refractivity contribution in [1.82, 2.24) is 0 Å². The molecule has 0 aromatic rings. The minimum atomic E-state index is 1.25. The van der Waals surface area contributed by atoms with Gasteiger partial charge in [-0.3, -0.25) is 0 Å². The molecule has 0 nitrogen and oxygen atoms in total. The molecule has 0 heterocycles. The maximum absolute atomic E-state index is 2.37. The fourth-order valence-corrected chi connectivity index (χ4v) is 1.23. The molecule has 0 heteroatoms. The van der Waals surface area contributed by atoms with Crippen LogP contribution in [0.3, 0.4) is 0 Å². The van der Waals surface area contributed by atoms with Crippen LogP contribution in [0.4, 0.5) is 0 Å². The Morgan fingerprint density at radius 2 is 1.93 bits per heavy atom. The normalized spacial score (nSPS) is 14.9. The van der Waals surface area contributed by atoms with Crippen LogP contribution in [0.2, 0.25) is 0 Å². The van der Waals surface area contributed by atoms with Gasteiger partial charge in [0, 0.05) is 0 Å². The van der Waals surface area contributed by atoms with Crippen molar-refractivity contribution in [2.24, 2.45) is 0 Å². The van der Waals surface area contributed by atoms with Gasteiger partial charge < -0.3 is 0 Å². The summed E-state index contributed by atoms with van der Waals surface area (Å²) in [7, 11) is 0. The van der Waals surface area contributed by atoms with Crippen molar-refractivity contribution in [1.29, 1.82) is 0 Å². The second kappa shape index (κ2) is 10.3. The molecule has 1 rings (SSSR count). The lowest BCUT2D eigenvalue weighted by molar-refractivity contribution is 0.789. The van der Waals surface area contributed by atoms with Gasteiger partial charge in [0.25, 0.3) is 0 Å². The van der Waals surface area contributed by atoms with Gasteiger partial charge in [0.05, 0.1) is 0 Å². The monoisotopic (exact) mass is 192 g/mol. The van der Waals surface area contributed by atoms with Crippen molar-refractivity contribution in [3.63, 3.8) is 0 Å². The van der Waals surface area contributed by atoms with Crippen molar-refractivity contribution in [2.75, 3.05) is 0 Å². The molecule has 0 amide bonds. The van der Waals surface area contributed by atoms with E-state index in [1.165, 1.54) is 32.1 Å². The Morgan fingerprint density at radius 3 is 2.36 bits per heavy atom. The van der Waals surface area contributed by atoms with E-state index in [2.05, 4.69) is 25.2 Å². The second-order valence-electron chi connectivity index (χ2n) is 3.53. The molecule has 1 aliphatic carbocycles. The third kappa shape index (κ3) is 7.85. The Hall–Kier alpha value is -0.780. The minimum Gasteiger partial charge on any atom is -0.0919 e. The average Bonchev–Trinajstić information content (AvgIpc) is 2.28. The van der Waals surface area contributed by atoms with Crippen molar-refractivity contribution in [2.45, 2.75) is 52.9 Å². The van der Waals surface area contributed by atoms with Gasteiger partial charge in [0.2, 0.25) is 0 Å². The summed E-state index contributed by atoms with van der Waals surface area (Å²) in [5.41, 5.74) is 1.55. The molecule has 0 fully saturated rings. The first kappa shape index (κ1) is 13.2. The molecule has 0 bridgehead atoms. The van der Waals surface area contributed by atoms with Crippen LogP contribution in [-0.2, 0) is 0 Å². The van der Waals surface area contributed by atoms with Gasteiger partial charge in [-0.2, -0.15) is 0 Å². The first-order chi connectivity index (χ1) is 6.85. The Bertz CT molecular complexity index is 190.